The summed E-state index contributed by atoms with van der Waals surface area (Å²) in [5, 5.41) is 0.665. The minimum atomic E-state index is -0.531. The van der Waals surface area contributed by atoms with Crippen molar-refractivity contribution in [1.29, 1.82) is 0 Å². The van der Waals surface area contributed by atoms with Gasteiger partial charge in [-0.1, -0.05) is 11.8 Å². The average molecular weight is 493 g/mol. The summed E-state index contributed by atoms with van der Waals surface area (Å²) in [4.78, 5) is 42.9. The summed E-state index contributed by atoms with van der Waals surface area (Å²) in [5.41, 5.74) is 0.773. The van der Waals surface area contributed by atoms with Gasteiger partial charge in [0.1, 0.15) is 19.0 Å². The van der Waals surface area contributed by atoms with E-state index >= 15 is 0 Å². The average Bonchev–Trinajstić information content (AvgIpc) is 3.41. The number of ketones is 1. The highest BCUT2D eigenvalue weighted by molar-refractivity contribution is 7.99. The Labute approximate surface area is 203 Å². The number of esters is 1. The molecule has 0 spiro atoms. The molecule has 0 radical (unpaired) electrons. The van der Waals surface area contributed by atoms with Gasteiger partial charge in [-0.3, -0.25) is 14.2 Å². The Kier molecular flexibility index (Phi) is 6.28. The van der Waals surface area contributed by atoms with E-state index in [-0.39, 0.29) is 29.2 Å². The third-order valence-electron chi connectivity index (χ3n) is 5.43. The van der Waals surface area contributed by atoms with Gasteiger partial charge < -0.3 is 18.6 Å². The van der Waals surface area contributed by atoms with Crippen LogP contribution in [0, 0.1) is 0 Å². The number of furan rings is 1. The van der Waals surface area contributed by atoms with Crippen molar-refractivity contribution in [2.45, 2.75) is 11.7 Å². The molecule has 178 valence electrons. The Morgan fingerprint density at radius 3 is 2.63 bits per heavy atom. The number of carbonyl (C=O) groups is 2. The first-order valence-electron chi connectivity index (χ1n) is 10.7. The molecule has 0 fully saturated rings. The molecule has 0 amide bonds. The van der Waals surface area contributed by atoms with Crippen molar-refractivity contribution in [3.8, 4) is 11.5 Å². The molecule has 2 aromatic carbocycles. The van der Waals surface area contributed by atoms with Gasteiger partial charge in [-0.2, -0.15) is 0 Å². The number of hydrogen-bond donors (Lipinski definition) is 0. The molecule has 0 saturated heterocycles. The van der Waals surface area contributed by atoms with E-state index in [9.17, 15) is 14.4 Å². The number of hydrogen-bond acceptors (Lipinski definition) is 9. The number of nitrogens with zero attached hydrogens (tertiary/aromatic N) is 2. The van der Waals surface area contributed by atoms with Gasteiger partial charge in [-0.05, 0) is 48.5 Å². The zero-order valence-corrected chi connectivity index (χ0v) is 19.5. The molecular weight excluding hydrogens is 472 g/mol. The predicted octanol–water partition coefficient (Wildman–Crippen LogP) is 3.57. The van der Waals surface area contributed by atoms with Crippen molar-refractivity contribution in [2.24, 2.45) is 0 Å². The maximum absolute atomic E-state index is 13.3. The van der Waals surface area contributed by atoms with Gasteiger partial charge in [0.05, 0.1) is 42.1 Å². The van der Waals surface area contributed by atoms with Crippen LogP contribution in [0.2, 0.25) is 0 Å². The van der Waals surface area contributed by atoms with Crippen LogP contribution < -0.4 is 15.0 Å². The van der Waals surface area contributed by atoms with Gasteiger partial charge >= 0.3 is 5.97 Å². The lowest BCUT2D eigenvalue weighted by molar-refractivity contribution is 0.0600. The number of ether oxygens (including phenoxy) is 3. The highest BCUT2D eigenvalue weighted by Gasteiger charge is 2.19. The molecule has 0 aliphatic carbocycles. The number of thioether (sulfide) groups is 1. The third kappa shape index (κ3) is 4.65. The molecule has 35 heavy (non-hydrogen) atoms. The van der Waals surface area contributed by atoms with E-state index in [2.05, 4.69) is 4.98 Å². The number of aromatic nitrogens is 2. The second-order valence-electron chi connectivity index (χ2n) is 7.66. The monoisotopic (exact) mass is 492 g/mol. The van der Waals surface area contributed by atoms with Crippen molar-refractivity contribution in [2.75, 3.05) is 26.1 Å². The summed E-state index contributed by atoms with van der Waals surface area (Å²) in [6.45, 7) is 1.04. The quantitative estimate of drug-likeness (QED) is 0.165. The number of benzene rings is 2. The van der Waals surface area contributed by atoms with E-state index in [0.29, 0.717) is 52.1 Å². The van der Waals surface area contributed by atoms with Crippen LogP contribution >= 0.6 is 11.8 Å². The Morgan fingerprint density at radius 2 is 1.86 bits per heavy atom. The van der Waals surface area contributed by atoms with E-state index in [1.807, 2.05) is 0 Å². The standard InChI is InChI=1S/C25H20N2O7S/c1-31-24(30)16-4-6-18-19(11-16)26-25(27(23(18)29)13-17-3-2-8-32-17)35-14-20(28)15-5-7-21-22(12-15)34-10-9-33-21/h2-8,11-12H,9-10,13-14H2,1H3. The lowest BCUT2D eigenvalue weighted by atomic mass is 10.1. The van der Waals surface area contributed by atoms with Crippen LogP contribution in [0.25, 0.3) is 10.9 Å². The fourth-order valence-electron chi connectivity index (χ4n) is 3.68. The highest BCUT2D eigenvalue weighted by atomic mass is 32.2. The van der Waals surface area contributed by atoms with Gasteiger partial charge in [0.25, 0.3) is 5.56 Å². The van der Waals surface area contributed by atoms with Gasteiger partial charge in [-0.15, -0.1) is 0 Å². The first kappa shape index (κ1) is 22.7. The molecule has 1 aliphatic heterocycles. The van der Waals surface area contributed by atoms with E-state index in [0.717, 1.165) is 11.8 Å². The van der Waals surface area contributed by atoms with Gasteiger partial charge in [-0.25, -0.2) is 9.78 Å². The summed E-state index contributed by atoms with van der Waals surface area (Å²) in [7, 11) is 1.28. The molecule has 4 aromatic rings. The van der Waals surface area contributed by atoms with Crippen LogP contribution in [0.5, 0.6) is 11.5 Å². The Balaban J connectivity index is 1.48. The molecule has 10 heteroatoms. The molecule has 1 aliphatic rings. The van der Waals surface area contributed by atoms with Crippen molar-refractivity contribution in [3.05, 3.63) is 82.0 Å². The lowest BCUT2D eigenvalue weighted by Gasteiger charge is -2.18. The van der Waals surface area contributed by atoms with Crippen molar-refractivity contribution < 1.29 is 28.2 Å². The fourth-order valence-corrected chi connectivity index (χ4v) is 4.58. The molecule has 0 N–H and O–H groups in total. The number of Topliss-reactive ketones (excluding diaryl/α,β-unsaturated/α-hetero) is 1. The minimum Gasteiger partial charge on any atom is -0.486 e. The molecule has 0 atom stereocenters. The zero-order valence-electron chi connectivity index (χ0n) is 18.7. The number of rotatable bonds is 7. The normalized spacial score (nSPS) is 12.5. The van der Waals surface area contributed by atoms with E-state index in [1.54, 1.807) is 36.4 Å². The zero-order chi connectivity index (χ0) is 24.4. The Hall–Kier alpha value is -4.05. The first-order chi connectivity index (χ1) is 17.0. The molecule has 0 saturated carbocycles. The second-order valence-corrected chi connectivity index (χ2v) is 8.60. The molecule has 0 bridgehead atoms. The summed E-state index contributed by atoms with van der Waals surface area (Å²) >= 11 is 1.13. The fraction of sp³-hybridized carbons (Fsp3) is 0.200. The third-order valence-corrected chi connectivity index (χ3v) is 6.41. The molecular formula is C25H20N2O7S. The first-order valence-corrected chi connectivity index (χ1v) is 11.7. The summed E-state index contributed by atoms with van der Waals surface area (Å²) < 4.78 is 22.7. The Morgan fingerprint density at radius 1 is 1.06 bits per heavy atom. The maximum Gasteiger partial charge on any atom is 0.337 e. The smallest absolute Gasteiger partial charge is 0.337 e. The van der Waals surface area contributed by atoms with Crippen molar-refractivity contribution >= 4 is 34.4 Å². The van der Waals surface area contributed by atoms with Crippen LogP contribution in [0.15, 0.2) is 69.2 Å². The molecule has 9 nitrogen and oxygen atoms in total. The second kappa shape index (κ2) is 9.67. The van der Waals surface area contributed by atoms with Gasteiger partial charge in [0, 0.05) is 5.56 Å². The number of fused-ring (bicyclic) bond motifs is 2. The largest absolute Gasteiger partial charge is 0.486 e. The van der Waals surface area contributed by atoms with E-state index in [4.69, 9.17) is 18.6 Å². The topological polar surface area (TPSA) is 110 Å². The highest BCUT2D eigenvalue weighted by Crippen LogP contribution is 2.31. The molecule has 5 rings (SSSR count). The summed E-state index contributed by atoms with van der Waals surface area (Å²) in [5.74, 6) is 1.04. The van der Waals surface area contributed by atoms with Crippen LogP contribution in [0.1, 0.15) is 26.5 Å². The maximum atomic E-state index is 13.3. The molecule has 2 aromatic heterocycles. The van der Waals surface area contributed by atoms with Crippen LogP contribution in [-0.4, -0.2) is 47.4 Å². The Bertz CT molecular complexity index is 1480. The SMILES string of the molecule is COC(=O)c1ccc2c(=O)n(Cc3ccco3)c(SCC(=O)c3ccc4c(c3)OCCO4)nc2c1. The van der Waals surface area contributed by atoms with Crippen molar-refractivity contribution in [1.82, 2.24) is 9.55 Å². The van der Waals surface area contributed by atoms with Crippen LogP contribution in [-0.2, 0) is 11.3 Å². The van der Waals surface area contributed by atoms with Crippen LogP contribution in [0.3, 0.4) is 0 Å². The minimum absolute atomic E-state index is 0.0342. The van der Waals surface area contributed by atoms with E-state index in [1.165, 1.54) is 30.1 Å². The van der Waals surface area contributed by atoms with E-state index < -0.39 is 5.97 Å². The molecule has 0 unspecified atom stereocenters. The summed E-state index contributed by atoms with van der Waals surface area (Å²) in [6, 6.07) is 13.1. The van der Waals surface area contributed by atoms with Crippen molar-refractivity contribution in [3.63, 3.8) is 0 Å². The number of methoxy groups -OCH3 is 1. The van der Waals surface area contributed by atoms with Gasteiger partial charge in [0.15, 0.2) is 22.4 Å². The molecule has 3 heterocycles. The number of carbonyl (C=O) groups excluding carboxylic acids is 2. The summed E-state index contributed by atoms with van der Waals surface area (Å²) in [6.07, 6.45) is 1.52. The lowest BCUT2D eigenvalue weighted by Crippen LogP contribution is -2.24. The van der Waals surface area contributed by atoms with Crippen LogP contribution in [0.4, 0.5) is 0 Å². The predicted molar refractivity (Wildman–Crippen MR) is 128 cm³/mol. The van der Waals surface area contributed by atoms with Gasteiger partial charge in [0.2, 0.25) is 0 Å².